The lowest BCUT2D eigenvalue weighted by atomic mass is 10.1. The van der Waals surface area contributed by atoms with E-state index in [4.69, 9.17) is 16.3 Å². The number of benzene rings is 1. The molecule has 0 atom stereocenters. The zero-order valence-corrected chi connectivity index (χ0v) is 12.0. The van der Waals surface area contributed by atoms with Crippen LogP contribution in [0.25, 0.3) is 0 Å². The third-order valence-corrected chi connectivity index (χ3v) is 3.17. The summed E-state index contributed by atoms with van der Waals surface area (Å²) in [7, 11) is 1.49. The highest BCUT2D eigenvalue weighted by Gasteiger charge is 2.06. The van der Waals surface area contributed by atoms with Crippen molar-refractivity contribution in [2.75, 3.05) is 19.0 Å². The van der Waals surface area contributed by atoms with Gasteiger partial charge >= 0.3 is 6.01 Å². The fraction of sp³-hybridized carbons (Fsp3) is 0.286. The first kappa shape index (κ1) is 14.5. The van der Waals surface area contributed by atoms with E-state index in [9.17, 15) is 4.39 Å². The predicted molar refractivity (Wildman–Crippen MR) is 76.9 cm³/mol. The van der Waals surface area contributed by atoms with Gasteiger partial charge in [-0.2, -0.15) is 4.98 Å². The molecule has 0 amide bonds. The average molecular weight is 296 g/mol. The van der Waals surface area contributed by atoms with Crippen molar-refractivity contribution in [2.24, 2.45) is 0 Å². The van der Waals surface area contributed by atoms with Crippen LogP contribution in [-0.2, 0) is 6.42 Å². The lowest BCUT2D eigenvalue weighted by molar-refractivity contribution is 0.380. The Morgan fingerprint density at radius 2 is 2.20 bits per heavy atom. The van der Waals surface area contributed by atoms with Crippen LogP contribution in [0, 0.1) is 12.7 Å². The third kappa shape index (κ3) is 3.57. The van der Waals surface area contributed by atoms with Crippen LogP contribution in [-0.4, -0.2) is 23.6 Å². The van der Waals surface area contributed by atoms with Crippen molar-refractivity contribution < 1.29 is 9.13 Å². The molecule has 0 aliphatic heterocycles. The standard InChI is InChI=1S/C14H15ClFN3O/c1-9-7-11(16)4-3-10(9)5-6-17-13-12(15)8-18-14(19-13)20-2/h3-4,7-8H,5-6H2,1-2H3,(H,17,18,19). The van der Waals surface area contributed by atoms with Crippen LogP contribution < -0.4 is 10.1 Å². The molecule has 0 saturated carbocycles. The van der Waals surface area contributed by atoms with E-state index < -0.39 is 0 Å². The third-order valence-electron chi connectivity index (χ3n) is 2.90. The first-order chi connectivity index (χ1) is 9.60. The monoisotopic (exact) mass is 295 g/mol. The minimum Gasteiger partial charge on any atom is -0.467 e. The van der Waals surface area contributed by atoms with Crippen LogP contribution >= 0.6 is 11.6 Å². The number of ether oxygens (including phenoxy) is 1. The Hall–Kier alpha value is -1.88. The Morgan fingerprint density at radius 3 is 2.90 bits per heavy atom. The molecule has 1 aromatic heterocycles. The molecule has 2 aromatic rings. The molecule has 0 aliphatic carbocycles. The molecule has 0 spiro atoms. The Labute approximate surface area is 122 Å². The number of hydrogen-bond donors (Lipinski definition) is 1. The van der Waals surface area contributed by atoms with Crippen LogP contribution in [0.2, 0.25) is 5.02 Å². The average Bonchev–Trinajstić information content (AvgIpc) is 2.43. The smallest absolute Gasteiger partial charge is 0.318 e. The maximum absolute atomic E-state index is 13.0. The van der Waals surface area contributed by atoms with Crippen molar-refractivity contribution in [3.8, 4) is 6.01 Å². The lowest BCUT2D eigenvalue weighted by Crippen LogP contribution is -2.08. The first-order valence-corrected chi connectivity index (χ1v) is 6.53. The number of aromatic nitrogens is 2. The summed E-state index contributed by atoms with van der Waals surface area (Å²) in [4.78, 5) is 8.02. The van der Waals surface area contributed by atoms with Gasteiger partial charge in [0.05, 0.1) is 13.3 Å². The number of aryl methyl sites for hydroxylation is 1. The molecule has 20 heavy (non-hydrogen) atoms. The highest BCUT2D eigenvalue weighted by molar-refractivity contribution is 6.32. The number of nitrogens with zero attached hydrogens (tertiary/aromatic N) is 2. The molecule has 2 rings (SSSR count). The van der Waals surface area contributed by atoms with E-state index in [0.717, 1.165) is 17.5 Å². The van der Waals surface area contributed by atoms with E-state index in [1.54, 1.807) is 6.07 Å². The molecule has 106 valence electrons. The Balaban J connectivity index is 1.99. The summed E-state index contributed by atoms with van der Waals surface area (Å²) in [6.07, 6.45) is 2.23. The molecule has 1 aromatic carbocycles. The number of nitrogens with one attached hydrogen (secondary N) is 1. The molecule has 0 radical (unpaired) electrons. The number of rotatable bonds is 5. The van der Waals surface area contributed by atoms with Gasteiger partial charge in [-0.1, -0.05) is 17.7 Å². The van der Waals surface area contributed by atoms with Crippen LogP contribution in [0.1, 0.15) is 11.1 Å². The van der Waals surface area contributed by atoms with Crippen LogP contribution in [0.3, 0.4) is 0 Å². The van der Waals surface area contributed by atoms with Gasteiger partial charge in [0.15, 0.2) is 5.82 Å². The molecule has 0 saturated heterocycles. The second-order valence-electron chi connectivity index (χ2n) is 4.30. The van der Waals surface area contributed by atoms with E-state index in [2.05, 4.69) is 15.3 Å². The second-order valence-corrected chi connectivity index (χ2v) is 4.71. The van der Waals surface area contributed by atoms with Gasteiger partial charge in [-0.25, -0.2) is 9.37 Å². The maximum Gasteiger partial charge on any atom is 0.318 e. The molecular weight excluding hydrogens is 281 g/mol. The number of halogens is 2. The van der Waals surface area contributed by atoms with Gasteiger partial charge in [0.2, 0.25) is 0 Å². The molecule has 4 nitrogen and oxygen atoms in total. The minimum atomic E-state index is -0.220. The van der Waals surface area contributed by atoms with Crippen LogP contribution in [0.15, 0.2) is 24.4 Å². The quantitative estimate of drug-likeness (QED) is 0.920. The maximum atomic E-state index is 13.0. The fourth-order valence-corrected chi connectivity index (χ4v) is 1.99. The molecule has 0 fully saturated rings. The largest absolute Gasteiger partial charge is 0.467 e. The SMILES string of the molecule is COc1ncc(Cl)c(NCCc2ccc(F)cc2C)n1. The van der Waals surface area contributed by atoms with Gasteiger partial charge in [-0.3, -0.25) is 0 Å². The highest BCUT2D eigenvalue weighted by Crippen LogP contribution is 2.20. The van der Waals surface area contributed by atoms with Gasteiger partial charge in [0.1, 0.15) is 10.8 Å². The van der Waals surface area contributed by atoms with E-state index >= 15 is 0 Å². The van der Waals surface area contributed by atoms with Crippen LogP contribution in [0.5, 0.6) is 6.01 Å². The van der Waals surface area contributed by atoms with Crippen molar-refractivity contribution >= 4 is 17.4 Å². The molecule has 1 N–H and O–H groups in total. The fourth-order valence-electron chi connectivity index (χ4n) is 1.83. The van der Waals surface area contributed by atoms with Gasteiger partial charge in [0.25, 0.3) is 0 Å². The summed E-state index contributed by atoms with van der Waals surface area (Å²) in [6.45, 7) is 2.52. The molecule has 0 aliphatic rings. The zero-order chi connectivity index (χ0) is 14.5. The first-order valence-electron chi connectivity index (χ1n) is 6.15. The summed E-state index contributed by atoms with van der Waals surface area (Å²) in [5, 5.41) is 3.55. The van der Waals surface area contributed by atoms with E-state index in [1.807, 2.05) is 6.92 Å². The highest BCUT2D eigenvalue weighted by atomic mass is 35.5. The predicted octanol–water partition coefficient (Wildman–Crippen LogP) is 3.24. The number of anilines is 1. The summed E-state index contributed by atoms with van der Waals surface area (Å²) >= 11 is 5.99. The Morgan fingerprint density at radius 1 is 1.40 bits per heavy atom. The van der Waals surface area contributed by atoms with Crippen molar-refractivity contribution in [3.63, 3.8) is 0 Å². The second kappa shape index (κ2) is 6.52. The van der Waals surface area contributed by atoms with Gasteiger partial charge in [-0.15, -0.1) is 0 Å². The van der Waals surface area contributed by atoms with Gasteiger partial charge in [-0.05, 0) is 36.6 Å². The van der Waals surface area contributed by atoms with Crippen molar-refractivity contribution in [1.82, 2.24) is 9.97 Å². The Kier molecular flexibility index (Phi) is 4.74. The molecule has 1 heterocycles. The van der Waals surface area contributed by atoms with E-state index in [1.165, 1.54) is 25.4 Å². The van der Waals surface area contributed by atoms with E-state index in [0.29, 0.717) is 17.4 Å². The van der Waals surface area contributed by atoms with E-state index in [-0.39, 0.29) is 11.8 Å². The van der Waals surface area contributed by atoms with Crippen molar-refractivity contribution in [3.05, 3.63) is 46.4 Å². The number of methoxy groups -OCH3 is 1. The minimum absolute atomic E-state index is 0.220. The zero-order valence-electron chi connectivity index (χ0n) is 11.3. The van der Waals surface area contributed by atoms with Crippen molar-refractivity contribution in [1.29, 1.82) is 0 Å². The molecule has 6 heteroatoms. The molecule has 0 bridgehead atoms. The van der Waals surface area contributed by atoms with Crippen molar-refractivity contribution in [2.45, 2.75) is 13.3 Å². The summed E-state index contributed by atoms with van der Waals surface area (Å²) < 4.78 is 18.0. The molecule has 0 unspecified atom stereocenters. The van der Waals surface area contributed by atoms with Crippen LogP contribution in [0.4, 0.5) is 10.2 Å². The van der Waals surface area contributed by atoms with Gasteiger partial charge in [0, 0.05) is 6.54 Å². The van der Waals surface area contributed by atoms with Gasteiger partial charge < -0.3 is 10.1 Å². The lowest BCUT2D eigenvalue weighted by Gasteiger charge is -2.09. The Bertz CT molecular complexity index is 607. The summed E-state index contributed by atoms with van der Waals surface area (Å²) in [5.41, 5.74) is 2.01. The topological polar surface area (TPSA) is 47.0 Å². The summed E-state index contributed by atoms with van der Waals surface area (Å²) in [5.74, 6) is 0.307. The summed E-state index contributed by atoms with van der Waals surface area (Å²) in [6, 6.07) is 5.03. The number of hydrogen-bond acceptors (Lipinski definition) is 4. The molecular formula is C14H15ClFN3O. The normalized spacial score (nSPS) is 10.4.